The second-order valence-corrected chi connectivity index (χ2v) is 0.934. The first kappa shape index (κ1) is 1.02. The molecule has 0 amide bonds. The van der Waals surface area contributed by atoms with E-state index in [1.165, 1.54) is 0 Å². The van der Waals surface area contributed by atoms with Gasteiger partial charge in [-0.25, -0.2) is 0 Å². The first-order valence-corrected chi connectivity index (χ1v) is 1.67. The summed E-state index contributed by atoms with van der Waals surface area (Å²) >= 11 is 0. The highest BCUT2D eigenvalue weighted by atomic mass is 14.7. The number of aromatic nitrogens is 1. The minimum absolute atomic E-state index is 0.0507. The van der Waals surface area contributed by atoms with Gasteiger partial charge in [-0.15, -0.1) is 0 Å². The van der Waals surface area contributed by atoms with Gasteiger partial charge in [-0.1, -0.05) is 0 Å². The van der Waals surface area contributed by atoms with E-state index in [-0.39, 0.29) is 11.4 Å². The van der Waals surface area contributed by atoms with Crippen LogP contribution in [0.4, 0.5) is 5.69 Å². The van der Waals surface area contributed by atoms with E-state index in [2.05, 4.69) is 4.98 Å². The van der Waals surface area contributed by atoms with Gasteiger partial charge >= 0.3 is 0 Å². The maximum Gasteiger partial charge on any atom is 0.156 e. The maximum atomic E-state index is 7.26. The average Bonchev–Trinajstić information content (AvgIpc) is 1.99. The van der Waals surface area contributed by atoms with E-state index in [0.717, 1.165) is 0 Å². The first-order valence-electron chi connectivity index (χ1n) is 4.57. The molecule has 0 saturated carbocycles. The quantitative estimate of drug-likeness (QED) is 0.563. The van der Waals surface area contributed by atoms with Crippen LogP contribution in [0, 0.1) is 0 Å². The van der Waals surface area contributed by atoms with Crippen LogP contribution in [0.1, 0.15) is 5.48 Å². The molecule has 1 rings (SSSR count). The molecule has 1 aromatic rings. The Labute approximate surface area is 50.5 Å². The summed E-state index contributed by atoms with van der Waals surface area (Å²) in [5.41, 5.74) is -0.337. The summed E-state index contributed by atoms with van der Waals surface area (Å²) in [6.07, 6.45) is -0.989. The number of nitrogen functional groups attached to an aromatic ring is 1. The molecule has 0 aliphatic heterocycles. The Bertz CT molecular complexity index is 338. The minimum Gasteiger partial charge on any atom is -0.397 e. The van der Waals surface area contributed by atoms with Gasteiger partial charge < -0.3 is 5.72 Å². The fourth-order valence-electron chi connectivity index (χ4n) is 0.224. The van der Waals surface area contributed by atoms with E-state index < -0.39 is 24.4 Å². The van der Waals surface area contributed by atoms with E-state index in [9.17, 15) is 0 Å². The third-order valence-corrected chi connectivity index (χ3v) is 0.455. The molecule has 0 fully saturated rings. The van der Waals surface area contributed by atoms with Crippen molar-refractivity contribution in [3.05, 3.63) is 24.4 Å². The number of nitrogens with zero attached hydrogens (tertiary/aromatic N) is 1. The summed E-state index contributed by atoms with van der Waals surface area (Å²) in [6, 6.07) is -0.967. The van der Waals surface area contributed by atoms with Crippen molar-refractivity contribution in [3.63, 3.8) is 0 Å². The van der Waals surface area contributed by atoms with Crippen molar-refractivity contribution < 1.29 is 8.31 Å². The van der Waals surface area contributed by atoms with E-state index >= 15 is 0 Å². The fraction of sp³-hybridized carbons (Fsp3) is 0. The van der Waals surface area contributed by atoms with Crippen LogP contribution >= 0.6 is 0 Å². The highest BCUT2D eigenvalue weighted by Gasteiger charge is 1.73. The number of hydrogen-bond donors (Lipinski definition) is 1. The molecule has 0 unspecified atom stereocenters. The van der Waals surface area contributed by atoms with Gasteiger partial charge in [0, 0.05) is 12.3 Å². The molecular weight excluding hydrogens is 88.1 g/mol. The molecular formula is C5H6N2. The molecule has 0 aliphatic rings. The summed E-state index contributed by atoms with van der Waals surface area (Å²) in [6.45, 7) is 0. The van der Waals surface area contributed by atoms with Crippen molar-refractivity contribution in [1.29, 1.82) is 0 Å². The Morgan fingerprint density at radius 3 is 3.86 bits per heavy atom. The van der Waals surface area contributed by atoms with E-state index in [1.54, 1.807) is 0 Å². The molecule has 2 nitrogen and oxygen atoms in total. The lowest BCUT2D eigenvalue weighted by atomic mass is 10.4. The Morgan fingerprint density at radius 2 is 3.00 bits per heavy atom. The molecule has 7 heavy (non-hydrogen) atoms. The summed E-state index contributed by atoms with van der Waals surface area (Å²) in [7, 11) is 0. The summed E-state index contributed by atoms with van der Waals surface area (Å²) < 4.78 is 42.3. The SMILES string of the molecule is [2H]c1nc([2H])c(N([2H])[2H])c([2H])c1[2H]. The highest BCUT2D eigenvalue weighted by molar-refractivity contribution is 5.32. The molecule has 1 aromatic heterocycles. The summed E-state index contributed by atoms with van der Waals surface area (Å²) in [5, 5.41) is 0. The van der Waals surface area contributed by atoms with Gasteiger partial charge in [-0.3, -0.25) is 4.98 Å². The zero-order valence-corrected chi connectivity index (χ0v) is 3.39. The third kappa shape index (κ3) is 0.892. The Kier molecular flexibility index (Phi) is 0.233. The molecule has 0 spiro atoms. The normalized spacial score (nSPS) is 20.0. The van der Waals surface area contributed by atoms with Crippen LogP contribution in [0.15, 0.2) is 24.4 Å². The van der Waals surface area contributed by atoms with Crippen molar-refractivity contribution in [2.75, 3.05) is 5.72 Å². The standard InChI is InChI=1S/C5H6N2/c6-5-2-1-3-7-4-5/h1-4H,6H2/i1D,2D,3D,4D/hD2. The molecule has 0 atom stereocenters. The van der Waals surface area contributed by atoms with E-state index in [1.807, 2.05) is 0 Å². The lowest BCUT2D eigenvalue weighted by Crippen LogP contribution is -1.82. The fourth-order valence-corrected chi connectivity index (χ4v) is 0.224. The van der Waals surface area contributed by atoms with Crippen molar-refractivity contribution in [1.82, 2.24) is 4.98 Å². The molecule has 0 radical (unpaired) electrons. The molecule has 2 heteroatoms. The van der Waals surface area contributed by atoms with Crippen LogP contribution in [-0.4, -0.2) is 4.98 Å². The molecule has 2 N–H and O–H groups in total. The molecule has 0 aromatic carbocycles. The lowest BCUT2D eigenvalue weighted by molar-refractivity contribution is 1.33. The number of rotatable bonds is 1. The topological polar surface area (TPSA) is 38.9 Å². The number of pyridine rings is 1. The third-order valence-electron chi connectivity index (χ3n) is 0.455. The van der Waals surface area contributed by atoms with Gasteiger partial charge in [0.05, 0.1) is 11.2 Å². The second-order valence-electron chi connectivity index (χ2n) is 0.934. The molecule has 1 heterocycles. The minimum atomic E-state index is -0.504. The largest absolute Gasteiger partial charge is 0.397 e. The van der Waals surface area contributed by atoms with Gasteiger partial charge in [0.1, 0.15) is 0 Å². The summed E-state index contributed by atoms with van der Waals surface area (Å²) in [5.74, 6) is 0. The van der Waals surface area contributed by atoms with Crippen LogP contribution in [0.3, 0.4) is 0 Å². The van der Waals surface area contributed by atoms with E-state index in [0.29, 0.717) is 0 Å². The Morgan fingerprint density at radius 1 is 2.00 bits per heavy atom. The highest BCUT2D eigenvalue weighted by Crippen LogP contribution is 1.92. The van der Waals surface area contributed by atoms with Gasteiger partial charge in [0.25, 0.3) is 0 Å². The van der Waals surface area contributed by atoms with Gasteiger partial charge in [-0.2, -0.15) is 0 Å². The first-order chi connectivity index (χ1) is 5.95. The zero-order valence-electron chi connectivity index (χ0n) is 9.39. The van der Waals surface area contributed by atoms with Crippen molar-refractivity contribution in [2.45, 2.75) is 0 Å². The zero-order chi connectivity index (χ0) is 10.2. The van der Waals surface area contributed by atoms with Crippen molar-refractivity contribution in [3.8, 4) is 0 Å². The van der Waals surface area contributed by atoms with Gasteiger partial charge in [0.15, 0.2) is 2.82 Å². The van der Waals surface area contributed by atoms with Crippen LogP contribution in [0.5, 0.6) is 0 Å². The molecule has 0 saturated heterocycles. The van der Waals surface area contributed by atoms with Crippen LogP contribution in [0.2, 0.25) is 2.82 Å². The predicted octanol–water partition coefficient (Wildman–Crippen LogP) is 0.664. The lowest BCUT2D eigenvalue weighted by Gasteiger charge is -1.83. The monoisotopic (exact) mass is 100 g/mol. The van der Waals surface area contributed by atoms with Crippen LogP contribution in [0.25, 0.3) is 0 Å². The van der Waals surface area contributed by atoms with Crippen LogP contribution < -0.4 is 5.72 Å². The van der Waals surface area contributed by atoms with Crippen molar-refractivity contribution >= 4 is 5.69 Å². The molecule has 0 aliphatic carbocycles. The van der Waals surface area contributed by atoms with Crippen LogP contribution in [-0.2, 0) is 0 Å². The smallest absolute Gasteiger partial charge is 0.156 e. The predicted molar refractivity (Wildman–Crippen MR) is 28.6 cm³/mol. The second kappa shape index (κ2) is 1.60. The number of hydrogen-bond acceptors (Lipinski definition) is 2. The Hall–Kier alpha value is -1.05. The van der Waals surface area contributed by atoms with Gasteiger partial charge in [-0.05, 0) is 12.1 Å². The molecule has 36 valence electrons. The van der Waals surface area contributed by atoms with Gasteiger partial charge in [0.2, 0.25) is 0 Å². The Balaban J connectivity index is 3.44. The van der Waals surface area contributed by atoms with Crippen molar-refractivity contribution in [2.24, 2.45) is 0 Å². The molecule has 0 bridgehead atoms. The maximum absolute atomic E-state index is 7.26. The number of nitrogens with two attached hydrogens (primary N) is 1. The number of anilines is 1. The van der Waals surface area contributed by atoms with E-state index in [4.69, 9.17) is 8.31 Å². The summed E-state index contributed by atoms with van der Waals surface area (Å²) in [4.78, 5) is 3.30. The average molecular weight is 100 g/mol.